The van der Waals surface area contributed by atoms with Gasteiger partial charge in [-0.15, -0.1) is 0 Å². The number of sulfonamides is 1. The van der Waals surface area contributed by atoms with E-state index in [-0.39, 0.29) is 11.3 Å². The van der Waals surface area contributed by atoms with Gasteiger partial charge in [0.2, 0.25) is 5.91 Å². The summed E-state index contributed by atoms with van der Waals surface area (Å²) in [6, 6.07) is 18.9. The Morgan fingerprint density at radius 1 is 0.968 bits per heavy atom. The zero-order chi connectivity index (χ0) is 21.7. The molecule has 2 aromatic carbocycles. The Morgan fingerprint density at radius 2 is 1.61 bits per heavy atom. The molecule has 2 fully saturated rings. The molecule has 6 heteroatoms. The Hall–Kier alpha value is -2.18. The summed E-state index contributed by atoms with van der Waals surface area (Å²) in [4.78, 5) is 14.6. The van der Waals surface area contributed by atoms with Crippen molar-refractivity contribution >= 4 is 15.9 Å². The zero-order valence-electron chi connectivity index (χ0n) is 17.9. The topological polar surface area (TPSA) is 66.5 Å². The van der Waals surface area contributed by atoms with Gasteiger partial charge in [0.05, 0.1) is 4.90 Å². The van der Waals surface area contributed by atoms with E-state index in [4.69, 9.17) is 0 Å². The molecule has 1 heterocycles. The summed E-state index contributed by atoms with van der Waals surface area (Å²) < 4.78 is 26.6. The van der Waals surface area contributed by atoms with E-state index in [2.05, 4.69) is 40.0 Å². The molecule has 1 N–H and O–H groups in total. The normalized spacial score (nSPS) is 22.2. The minimum Gasteiger partial charge on any atom is -0.303 e. The van der Waals surface area contributed by atoms with Crippen molar-refractivity contribution in [2.75, 3.05) is 19.6 Å². The van der Waals surface area contributed by atoms with E-state index in [1.807, 2.05) is 0 Å². The number of piperidine rings is 1. The zero-order valence-corrected chi connectivity index (χ0v) is 18.8. The number of rotatable bonds is 9. The van der Waals surface area contributed by atoms with E-state index in [0.717, 1.165) is 37.4 Å². The van der Waals surface area contributed by atoms with Crippen LogP contribution in [0.15, 0.2) is 65.6 Å². The summed E-state index contributed by atoms with van der Waals surface area (Å²) in [6.45, 7) is 3.01. The summed E-state index contributed by atoms with van der Waals surface area (Å²) >= 11 is 0. The first-order valence-electron chi connectivity index (χ1n) is 11.4. The molecule has 1 saturated heterocycles. The van der Waals surface area contributed by atoms with E-state index < -0.39 is 15.9 Å². The standard InChI is InChI=1S/C25H32N2O3S/c28-25(26-31(29,30)23-10-5-2-6-11-23)12-7-15-27-16-13-20(14-17-27)18-22-19-24(22)21-8-3-1-4-9-21/h1-6,8-11,20,22,24H,7,12-19H2,(H,26,28)/t22-,24+/m1/s1. The number of amides is 1. The predicted molar refractivity (Wildman–Crippen MR) is 122 cm³/mol. The van der Waals surface area contributed by atoms with Gasteiger partial charge in [-0.3, -0.25) is 4.79 Å². The molecule has 1 saturated carbocycles. The maximum atomic E-state index is 12.2. The number of carbonyl (C=O) groups is 1. The van der Waals surface area contributed by atoms with E-state index in [1.165, 1.54) is 43.4 Å². The number of nitrogens with zero attached hydrogens (tertiary/aromatic N) is 1. The van der Waals surface area contributed by atoms with Crippen molar-refractivity contribution in [1.29, 1.82) is 0 Å². The van der Waals surface area contributed by atoms with Crippen LogP contribution in [0.1, 0.15) is 50.0 Å². The highest BCUT2D eigenvalue weighted by atomic mass is 32.2. The van der Waals surface area contributed by atoms with Crippen LogP contribution in [0.3, 0.4) is 0 Å². The Labute approximate surface area is 185 Å². The van der Waals surface area contributed by atoms with Crippen molar-refractivity contribution in [2.24, 2.45) is 11.8 Å². The van der Waals surface area contributed by atoms with Crippen LogP contribution in [0, 0.1) is 11.8 Å². The molecule has 0 spiro atoms. The average molecular weight is 441 g/mol. The highest BCUT2D eigenvalue weighted by molar-refractivity contribution is 7.90. The fourth-order valence-corrected chi connectivity index (χ4v) is 5.85. The molecule has 0 radical (unpaired) electrons. The lowest BCUT2D eigenvalue weighted by atomic mass is 9.90. The number of hydrogen-bond acceptors (Lipinski definition) is 4. The summed E-state index contributed by atoms with van der Waals surface area (Å²) in [5.41, 5.74) is 1.50. The third-order valence-electron chi connectivity index (χ3n) is 6.67. The van der Waals surface area contributed by atoms with Crippen molar-refractivity contribution in [3.05, 3.63) is 66.2 Å². The largest absolute Gasteiger partial charge is 0.303 e. The molecule has 0 aromatic heterocycles. The molecule has 4 rings (SSSR count). The summed E-state index contributed by atoms with van der Waals surface area (Å²) in [5, 5.41) is 0. The molecular weight excluding hydrogens is 408 g/mol. The van der Waals surface area contributed by atoms with Gasteiger partial charge in [0.1, 0.15) is 0 Å². The maximum Gasteiger partial charge on any atom is 0.264 e. The molecular formula is C25H32N2O3S. The molecule has 1 aliphatic carbocycles. The maximum absolute atomic E-state index is 12.2. The third kappa shape index (κ3) is 6.17. The number of hydrogen-bond donors (Lipinski definition) is 1. The summed E-state index contributed by atoms with van der Waals surface area (Å²) in [5.74, 6) is 2.01. The Balaban J connectivity index is 1.12. The van der Waals surface area contributed by atoms with Crippen LogP contribution in [-0.4, -0.2) is 38.9 Å². The van der Waals surface area contributed by atoms with E-state index >= 15 is 0 Å². The van der Waals surface area contributed by atoms with Crippen LogP contribution in [0.4, 0.5) is 0 Å². The van der Waals surface area contributed by atoms with Gasteiger partial charge in [-0.25, -0.2) is 13.1 Å². The first kappa shape index (κ1) is 22.0. The van der Waals surface area contributed by atoms with Gasteiger partial charge in [-0.1, -0.05) is 48.5 Å². The minimum absolute atomic E-state index is 0.121. The van der Waals surface area contributed by atoms with Crippen LogP contribution in [0.25, 0.3) is 0 Å². The monoisotopic (exact) mass is 440 g/mol. The van der Waals surface area contributed by atoms with Crippen molar-refractivity contribution < 1.29 is 13.2 Å². The van der Waals surface area contributed by atoms with E-state index in [9.17, 15) is 13.2 Å². The van der Waals surface area contributed by atoms with Crippen molar-refractivity contribution in [2.45, 2.75) is 49.3 Å². The fraction of sp³-hybridized carbons (Fsp3) is 0.480. The Morgan fingerprint density at radius 3 is 2.29 bits per heavy atom. The molecule has 2 aliphatic rings. The van der Waals surface area contributed by atoms with E-state index in [0.29, 0.717) is 6.42 Å². The van der Waals surface area contributed by atoms with Crippen molar-refractivity contribution in [3.8, 4) is 0 Å². The van der Waals surface area contributed by atoms with Crippen LogP contribution in [-0.2, 0) is 14.8 Å². The lowest BCUT2D eigenvalue weighted by Crippen LogP contribution is -2.35. The molecule has 2 atom stereocenters. The molecule has 166 valence electrons. The Kier molecular flexibility index (Phi) is 7.08. The smallest absolute Gasteiger partial charge is 0.264 e. The first-order valence-corrected chi connectivity index (χ1v) is 12.9. The second kappa shape index (κ2) is 9.96. The van der Waals surface area contributed by atoms with Gasteiger partial charge >= 0.3 is 0 Å². The third-order valence-corrected chi connectivity index (χ3v) is 8.06. The first-order chi connectivity index (χ1) is 15.0. The summed E-state index contributed by atoms with van der Waals surface area (Å²) in [6.07, 6.45) is 6.05. The van der Waals surface area contributed by atoms with Crippen LogP contribution >= 0.6 is 0 Å². The SMILES string of the molecule is O=C(CCCN1CCC(C[C@@H]2C[C@H]2c2ccccc2)CC1)NS(=O)(=O)c1ccccc1. The van der Waals surface area contributed by atoms with Gasteiger partial charge in [0, 0.05) is 6.42 Å². The fourth-order valence-electron chi connectivity index (χ4n) is 4.81. The van der Waals surface area contributed by atoms with Crippen LogP contribution < -0.4 is 4.72 Å². The molecule has 1 amide bonds. The Bertz CT molecular complexity index is 955. The van der Waals surface area contributed by atoms with Crippen LogP contribution in [0.5, 0.6) is 0 Å². The van der Waals surface area contributed by atoms with Gasteiger partial charge in [-0.2, -0.15) is 0 Å². The number of benzene rings is 2. The number of nitrogens with one attached hydrogen (secondary N) is 1. The summed E-state index contributed by atoms with van der Waals surface area (Å²) in [7, 11) is -3.77. The minimum atomic E-state index is -3.77. The quantitative estimate of drug-likeness (QED) is 0.635. The highest BCUT2D eigenvalue weighted by Gasteiger charge is 2.39. The number of likely N-dealkylation sites (tertiary alicyclic amines) is 1. The van der Waals surface area contributed by atoms with Crippen LogP contribution in [0.2, 0.25) is 0 Å². The molecule has 31 heavy (non-hydrogen) atoms. The molecule has 0 unspecified atom stereocenters. The van der Waals surface area contributed by atoms with Crippen molar-refractivity contribution in [3.63, 3.8) is 0 Å². The predicted octanol–water partition coefficient (Wildman–Crippen LogP) is 4.18. The van der Waals surface area contributed by atoms with Gasteiger partial charge in [-0.05, 0) is 87.2 Å². The van der Waals surface area contributed by atoms with E-state index in [1.54, 1.807) is 18.2 Å². The van der Waals surface area contributed by atoms with Gasteiger partial charge in [0.15, 0.2) is 0 Å². The van der Waals surface area contributed by atoms with Gasteiger partial charge < -0.3 is 4.90 Å². The number of carbonyl (C=O) groups excluding carboxylic acids is 1. The second-order valence-corrected chi connectivity index (χ2v) is 10.7. The molecule has 0 bridgehead atoms. The second-order valence-electron chi connectivity index (χ2n) is 8.98. The average Bonchev–Trinajstić information content (AvgIpc) is 3.55. The lowest BCUT2D eigenvalue weighted by Gasteiger charge is -2.32. The molecule has 1 aliphatic heterocycles. The van der Waals surface area contributed by atoms with Gasteiger partial charge in [0.25, 0.3) is 10.0 Å². The molecule has 5 nitrogen and oxygen atoms in total. The highest BCUT2D eigenvalue weighted by Crippen LogP contribution is 2.51. The molecule has 2 aromatic rings. The lowest BCUT2D eigenvalue weighted by molar-refractivity contribution is -0.119. The van der Waals surface area contributed by atoms with Crippen molar-refractivity contribution in [1.82, 2.24) is 9.62 Å².